The summed E-state index contributed by atoms with van der Waals surface area (Å²) in [6, 6.07) is 8.41. The van der Waals surface area contributed by atoms with Crippen LogP contribution in [0.5, 0.6) is 0 Å². The van der Waals surface area contributed by atoms with Gasteiger partial charge in [0.2, 0.25) is 5.91 Å². The van der Waals surface area contributed by atoms with Gasteiger partial charge in [0, 0.05) is 24.7 Å². The largest absolute Gasteiger partial charge is 0.345 e. The highest BCUT2D eigenvalue weighted by molar-refractivity contribution is 6.30. The third-order valence-electron chi connectivity index (χ3n) is 4.16. The van der Waals surface area contributed by atoms with Crippen molar-refractivity contribution in [3.8, 4) is 0 Å². The van der Waals surface area contributed by atoms with E-state index < -0.39 is 0 Å². The van der Waals surface area contributed by atoms with E-state index in [0.717, 1.165) is 24.4 Å². The van der Waals surface area contributed by atoms with Crippen LogP contribution in [0.25, 0.3) is 0 Å². The van der Waals surface area contributed by atoms with E-state index in [0.29, 0.717) is 12.0 Å². The maximum absolute atomic E-state index is 12.0. The number of carbonyl (C=O) groups excluding carboxylic acids is 1. The van der Waals surface area contributed by atoms with Crippen LogP contribution in [-0.4, -0.2) is 36.5 Å². The second kappa shape index (κ2) is 6.59. The van der Waals surface area contributed by atoms with Gasteiger partial charge in [0.25, 0.3) is 0 Å². The van der Waals surface area contributed by atoms with E-state index in [1.54, 1.807) is 4.90 Å². The molecule has 0 heterocycles. The minimum absolute atomic E-state index is 0.106. The van der Waals surface area contributed by atoms with Gasteiger partial charge in [-0.05, 0) is 50.3 Å². The number of benzene rings is 1. The molecule has 1 fully saturated rings. The number of rotatable bonds is 5. The minimum Gasteiger partial charge on any atom is -0.345 e. The van der Waals surface area contributed by atoms with Crippen LogP contribution in [-0.2, 0) is 4.79 Å². The normalized spacial score (nSPS) is 23.0. The van der Waals surface area contributed by atoms with Crippen LogP contribution < -0.4 is 5.32 Å². The van der Waals surface area contributed by atoms with Crippen molar-refractivity contribution in [2.24, 2.45) is 0 Å². The molecule has 20 heavy (non-hydrogen) atoms. The average Bonchev–Trinajstić information content (AvgIpc) is 2.40. The first-order valence-corrected chi connectivity index (χ1v) is 7.65. The van der Waals surface area contributed by atoms with Gasteiger partial charge in [0.15, 0.2) is 0 Å². The lowest BCUT2D eigenvalue weighted by molar-refractivity contribution is -0.131. The SMILES string of the molecule is CCN(C)C(=O)C(C)NC1CC(c2cccc(Cl)c2)C1. The van der Waals surface area contributed by atoms with Crippen LogP contribution in [0.4, 0.5) is 0 Å². The van der Waals surface area contributed by atoms with E-state index in [-0.39, 0.29) is 11.9 Å². The zero-order valence-electron chi connectivity index (χ0n) is 12.4. The van der Waals surface area contributed by atoms with Crippen LogP contribution in [0.15, 0.2) is 24.3 Å². The number of halogens is 1. The Balaban J connectivity index is 1.81. The Kier molecular flexibility index (Phi) is 5.06. The predicted octanol–water partition coefficient (Wildman–Crippen LogP) is 3.04. The third kappa shape index (κ3) is 3.53. The van der Waals surface area contributed by atoms with Gasteiger partial charge in [0.1, 0.15) is 0 Å². The summed E-state index contributed by atoms with van der Waals surface area (Å²) in [5, 5.41) is 4.22. The average molecular weight is 295 g/mol. The lowest BCUT2D eigenvalue weighted by atomic mass is 9.75. The van der Waals surface area contributed by atoms with E-state index in [1.807, 2.05) is 39.1 Å². The number of carbonyl (C=O) groups is 1. The maximum Gasteiger partial charge on any atom is 0.239 e. The summed E-state index contributed by atoms with van der Waals surface area (Å²) in [4.78, 5) is 13.7. The van der Waals surface area contributed by atoms with Gasteiger partial charge in [-0.3, -0.25) is 4.79 Å². The Morgan fingerprint density at radius 3 is 2.80 bits per heavy atom. The molecule has 0 aliphatic heterocycles. The highest BCUT2D eigenvalue weighted by Crippen LogP contribution is 2.37. The number of hydrogen-bond donors (Lipinski definition) is 1. The molecule has 1 unspecified atom stereocenters. The number of hydrogen-bond acceptors (Lipinski definition) is 2. The fourth-order valence-electron chi connectivity index (χ4n) is 2.70. The quantitative estimate of drug-likeness (QED) is 0.905. The zero-order chi connectivity index (χ0) is 14.7. The number of amides is 1. The molecule has 0 aromatic heterocycles. The maximum atomic E-state index is 12.0. The van der Waals surface area contributed by atoms with E-state index in [2.05, 4.69) is 11.4 Å². The molecule has 1 atom stereocenters. The van der Waals surface area contributed by atoms with Crippen LogP contribution in [0.1, 0.15) is 38.2 Å². The Morgan fingerprint density at radius 1 is 1.50 bits per heavy atom. The monoisotopic (exact) mass is 294 g/mol. The van der Waals surface area contributed by atoms with Gasteiger partial charge >= 0.3 is 0 Å². The summed E-state index contributed by atoms with van der Waals surface area (Å²) in [7, 11) is 1.84. The molecule has 1 N–H and O–H groups in total. The lowest BCUT2D eigenvalue weighted by Crippen LogP contribution is -2.50. The Morgan fingerprint density at radius 2 is 2.20 bits per heavy atom. The van der Waals surface area contributed by atoms with Crippen molar-refractivity contribution in [1.82, 2.24) is 10.2 Å². The minimum atomic E-state index is -0.106. The van der Waals surface area contributed by atoms with Crippen molar-refractivity contribution in [3.05, 3.63) is 34.9 Å². The van der Waals surface area contributed by atoms with Crippen molar-refractivity contribution < 1.29 is 4.79 Å². The molecule has 1 saturated carbocycles. The molecular formula is C16H23ClN2O. The fraction of sp³-hybridized carbons (Fsp3) is 0.562. The first kappa shape index (κ1) is 15.3. The fourth-order valence-corrected chi connectivity index (χ4v) is 2.90. The molecule has 1 aliphatic carbocycles. The molecule has 3 nitrogen and oxygen atoms in total. The lowest BCUT2D eigenvalue weighted by Gasteiger charge is -2.38. The number of nitrogens with zero attached hydrogens (tertiary/aromatic N) is 1. The summed E-state index contributed by atoms with van der Waals surface area (Å²) < 4.78 is 0. The van der Waals surface area contributed by atoms with E-state index >= 15 is 0 Å². The molecule has 1 amide bonds. The second-order valence-electron chi connectivity index (χ2n) is 5.66. The first-order chi connectivity index (χ1) is 9.51. The van der Waals surface area contributed by atoms with Crippen LogP contribution in [0.3, 0.4) is 0 Å². The number of nitrogens with one attached hydrogen (secondary N) is 1. The van der Waals surface area contributed by atoms with Crippen molar-refractivity contribution >= 4 is 17.5 Å². The molecule has 0 saturated heterocycles. The van der Waals surface area contributed by atoms with Crippen molar-refractivity contribution in [1.29, 1.82) is 0 Å². The topological polar surface area (TPSA) is 32.3 Å². The standard InChI is InChI=1S/C16H23ClN2O/c1-4-19(3)16(20)11(2)18-15-9-13(10-15)12-6-5-7-14(17)8-12/h5-8,11,13,15,18H,4,9-10H2,1-3H3. The summed E-state index contributed by atoms with van der Waals surface area (Å²) in [5.74, 6) is 0.733. The molecule has 2 rings (SSSR count). The summed E-state index contributed by atoms with van der Waals surface area (Å²) >= 11 is 6.02. The highest BCUT2D eigenvalue weighted by atomic mass is 35.5. The van der Waals surface area contributed by atoms with E-state index in [4.69, 9.17) is 11.6 Å². The first-order valence-electron chi connectivity index (χ1n) is 7.27. The van der Waals surface area contributed by atoms with E-state index in [1.165, 1.54) is 5.56 Å². The smallest absolute Gasteiger partial charge is 0.239 e. The van der Waals surface area contributed by atoms with Crippen LogP contribution >= 0.6 is 11.6 Å². The molecule has 1 aromatic carbocycles. The van der Waals surface area contributed by atoms with Crippen LogP contribution in [0.2, 0.25) is 5.02 Å². The third-order valence-corrected chi connectivity index (χ3v) is 4.40. The molecule has 1 aromatic rings. The Bertz CT molecular complexity index is 471. The molecule has 1 aliphatic rings. The van der Waals surface area contributed by atoms with Gasteiger partial charge in [-0.2, -0.15) is 0 Å². The summed E-state index contributed by atoms with van der Waals surface area (Å²) in [6.45, 7) is 4.69. The second-order valence-corrected chi connectivity index (χ2v) is 6.10. The number of likely N-dealkylation sites (N-methyl/N-ethyl adjacent to an activating group) is 1. The molecular weight excluding hydrogens is 272 g/mol. The van der Waals surface area contributed by atoms with Gasteiger partial charge in [-0.1, -0.05) is 23.7 Å². The van der Waals surface area contributed by atoms with Gasteiger partial charge < -0.3 is 10.2 Å². The Hall–Kier alpha value is -1.06. The van der Waals surface area contributed by atoms with Crippen LogP contribution in [0, 0.1) is 0 Å². The molecule has 0 bridgehead atoms. The predicted molar refractivity (Wildman–Crippen MR) is 83.1 cm³/mol. The van der Waals surface area contributed by atoms with E-state index in [9.17, 15) is 4.79 Å². The van der Waals surface area contributed by atoms with Gasteiger partial charge in [-0.25, -0.2) is 0 Å². The molecule has 0 radical (unpaired) electrons. The van der Waals surface area contributed by atoms with Crippen molar-refractivity contribution in [3.63, 3.8) is 0 Å². The molecule has 110 valence electrons. The van der Waals surface area contributed by atoms with Gasteiger partial charge in [-0.15, -0.1) is 0 Å². The highest BCUT2D eigenvalue weighted by Gasteiger charge is 2.32. The summed E-state index contributed by atoms with van der Waals surface area (Å²) in [6.07, 6.45) is 2.15. The zero-order valence-corrected chi connectivity index (χ0v) is 13.2. The summed E-state index contributed by atoms with van der Waals surface area (Å²) in [5.41, 5.74) is 1.31. The van der Waals surface area contributed by atoms with Crippen molar-refractivity contribution in [2.75, 3.05) is 13.6 Å². The Labute approximate surface area is 126 Å². The molecule has 4 heteroatoms. The van der Waals surface area contributed by atoms with Gasteiger partial charge in [0.05, 0.1) is 6.04 Å². The van der Waals surface area contributed by atoms with Crippen molar-refractivity contribution in [2.45, 2.75) is 44.7 Å². The molecule has 0 spiro atoms.